The second-order valence-electron chi connectivity index (χ2n) is 4.74. The molecule has 2 aromatic rings. The third kappa shape index (κ3) is 2.91. The molecule has 0 spiro atoms. The van der Waals surface area contributed by atoms with E-state index in [2.05, 4.69) is 15.6 Å². The van der Waals surface area contributed by atoms with Crippen LogP contribution in [0.3, 0.4) is 0 Å². The van der Waals surface area contributed by atoms with E-state index in [1.54, 1.807) is 6.20 Å². The number of hydrogen-bond donors (Lipinski definition) is 3. The summed E-state index contributed by atoms with van der Waals surface area (Å²) in [5.74, 6) is -0.184. The van der Waals surface area contributed by atoms with E-state index in [-0.39, 0.29) is 25.2 Å². The highest BCUT2D eigenvalue weighted by atomic mass is 32.1. The Balaban J connectivity index is 2.02. The van der Waals surface area contributed by atoms with Crippen molar-refractivity contribution >= 4 is 27.5 Å². The molecule has 3 N–H and O–H groups in total. The molecule has 3 heterocycles. The fourth-order valence-electron chi connectivity index (χ4n) is 2.44. The van der Waals surface area contributed by atoms with Crippen LogP contribution in [0.4, 0.5) is 0 Å². The highest BCUT2D eigenvalue weighted by Crippen LogP contribution is 2.36. The number of fused-ring (bicyclic) bond motifs is 1. The van der Waals surface area contributed by atoms with Crippen LogP contribution in [0.2, 0.25) is 0 Å². The van der Waals surface area contributed by atoms with Crippen molar-refractivity contribution in [2.75, 3.05) is 32.8 Å². The number of carbonyl (C=O) groups is 1. The Morgan fingerprint density at radius 1 is 1.62 bits per heavy atom. The molecule has 1 amide bonds. The number of pyridine rings is 1. The van der Waals surface area contributed by atoms with Gasteiger partial charge in [0.1, 0.15) is 9.71 Å². The van der Waals surface area contributed by atoms with Crippen molar-refractivity contribution in [3.05, 3.63) is 28.8 Å². The minimum atomic E-state index is -0.184. The Labute approximate surface area is 126 Å². The van der Waals surface area contributed by atoms with Gasteiger partial charge in [-0.25, -0.2) is 4.98 Å². The summed E-state index contributed by atoms with van der Waals surface area (Å²) in [5, 5.41) is 15.8. The Morgan fingerprint density at radius 2 is 2.52 bits per heavy atom. The lowest BCUT2D eigenvalue weighted by molar-refractivity contribution is 0.0282. The highest BCUT2D eigenvalue weighted by Gasteiger charge is 2.27. The van der Waals surface area contributed by atoms with Crippen LogP contribution < -0.4 is 10.6 Å². The van der Waals surface area contributed by atoms with E-state index >= 15 is 0 Å². The van der Waals surface area contributed by atoms with E-state index in [1.165, 1.54) is 11.3 Å². The van der Waals surface area contributed by atoms with Crippen molar-refractivity contribution in [2.24, 2.45) is 0 Å². The minimum Gasteiger partial charge on any atom is -0.395 e. The summed E-state index contributed by atoms with van der Waals surface area (Å²) < 4.78 is 5.81. The SMILES string of the molecule is O=C(NCCO)c1sc2ncccc2c1[C@H]1CNCCO1. The Hall–Kier alpha value is -1.54. The lowest BCUT2D eigenvalue weighted by Crippen LogP contribution is -2.34. The van der Waals surface area contributed by atoms with Gasteiger partial charge in [-0.2, -0.15) is 0 Å². The van der Waals surface area contributed by atoms with Gasteiger partial charge in [0.2, 0.25) is 0 Å². The normalized spacial score (nSPS) is 18.8. The summed E-state index contributed by atoms with van der Waals surface area (Å²) in [6.45, 7) is 2.29. The summed E-state index contributed by atoms with van der Waals surface area (Å²) in [7, 11) is 0. The van der Waals surface area contributed by atoms with Crippen LogP contribution in [-0.2, 0) is 4.74 Å². The van der Waals surface area contributed by atoms with Gasteiger partial charge in [-0.1, -0.05) is 6.07 Å². The monoisotopic (exact) mass is 307 g/mol. The molecule has 0 saturated carbocycles. The molecular formula is C14H17N3O3S. The van der Waals surface area contributed by atoms with E-state index in [4.69, 9.17) is 9.84 Å². The molecule has 7 heteroatoms. The van der Waals surface area contributed by atoms with Gasteiger partial charge >= 0.3 is 0 Å². The zero-order valence-corrected chi connectivity index (χ0v) is 12.3. The molecule has 21 heavy (non-hydrogen) atoms. The summed E-state index contributed by atoms with van der Waals surface area (Å²) in [5.41, 5.74) is 0.894. The van der Waals surface area contributed by atoms with Crippen molar-refractivity contribution in [3.63, 3.8) is 0 Å². The number of nitrogens with one attached hydrogen (secondary N) is 2. The summed E-state index contributed by atoms with van der Waals surface area (Å²) in [4.78, 5) is 18.1. The van der Waals surface area contributed by atoms with Crippen molar-refractivity contribution in [1.29, 1.82) is 0 Å². The smallest absolute Gasteiger partial charge is 0.261 e. The predicted octanol–water partition coefficient (Wildman–Crippen LogP) is 0.679. The molecule has 0 aliphatic carbocycles. The number of ether oxygens (including phenoxy) is 1. The molecule has 0 bridgehead atoms. The van der Waals surface area contributed by atoms with Gasteiger partial charge in [0.05, 0.1) is 19.3 Å². The van der Waals surface area contributed by atoms with Crippen LogP contribution in [0.5, 0.6) is 0 Å². The average molecular weight is 307 g/mol. The van der Waals surface area contributed by atoms with Gasteiger partial charge in [0, 0.05) is 36.8 Å². The zero-order valence-electron chi connectivity index (χ0n) is 11.5. The van der Waals surface area contributed by atoms with Crippen LogP contribution in [0.15, 0.2) is 18.3 Å². The first-order valence-corrected chi connectivity index (χ1v) is 7.71. The molecular weight excluding hydrogens is 290 g/mol. The van der Waals surface area contributed by atoms with E-state index in [9.17, 15) is 4.79 Å². The van der Waals surface area contributed by atoms with E-state index in [0.29, 0.717) is 18.0 Å². The number of nitrogens with zero attached hydrogens (tertiary/aromatic N) is 1. The van der Waals surface area contributed by atoms with Gasteiger partial charge < -0.3 is 20.5 Å². The minimum absolute atomic E-state index is 0.0777. The van der Waals surface area contributed by atoms with Crippen molar-refractivity contribution in [3.8, 4) is 0 Å². The molecule has 112 valence electrons. The van der Waals surface area contributed by atoms with Crippen LogP contribution in [0.25, 0.3) is 10.2 Å². The largest absolute Gasteiger partial charge is 0.395 e. The molecule has 0 radical (unpaired) electrons. The first-order valence-electron chi connectivity index (χ1n) is 6.90. The topological polar surface area (TPSA) is 83.5 Å². The molecule has 0 unspecified atom stereocenters. The molecule has 1 atom stereocenters. The predicted molar refractivity (Wildman–Crippen MR) is 80.6 cm³/mol. The molecule has 1 saturated heterocycles. The molecule has 0 aromatic carbocycles. The fourth-order valence-corrected chi connectivity index (χ4v) is 3.55. The van der Waals surface area contributed by atoms with Crippen LogP contribution in [0.1, 0.15) is 21.3 Å². The van der Waals surface area contributed by atoms with Gasteiger partial charge in [-0.05, 0) is 6.07 Å². The summed E-state index contributed by atoms with van der Waals surface area (Å²) in [6.07, 6.45) is 1.57. The fraction of sp³-hybridized carbons (Fsp3) is 0.429. The lowest BCUT2D eigenvalue weighted by atomic mass is 10.0. The van der Waals surface area contributed by atoms with Gasteiger partial charge in [0.25, 0.3) is 5.91 Å². The summed E-state index contributed by atoms with van der Waals surface area (Å²) in [6, 6.07) is 3.83. The van der Waals surface area contributed by atoms with Crippen LogP contribution in [-0.4, -0.2) is 48.8 Å². The number of aliphatic hydroxyl groups is 1. The number of thiophene rings is 1. The van der Waals surface area contributed by atoms with E-state index < -0.39 is 0 Å². The van der Waals surface area contributed by atoms with Crippen molar-refractivity contribution in [2.45, 2.75) is 6.10 Å². The third-order valence-electron chi connectivity index (χ3n) is 3.36. The summed E-state index contributed by atoms with van der Waals surface area (Å²) >= 11 is 1.36. The number of rotatable bonds is 4. The Kier molecular flexibility index (Phi) is 4.45. The number of aliphatic hydroxyl groups excluding tert-OH is 1. The second kappa shape index (κ2) is 6.48. The maximum atomic E-state index is 12.3. The molecule has 6 nitrogen and oxygen atoms in total. The second-order valence-corrected chi connectivity index (χ2v) is 5.74. The lowest BCUT2D eigenvalue weighted by Gasteiger charge is -2.24. The molecule has 1 aliphatic rings. The molecule has 1 fully saturated rings. The molecule has 1 aliphatic heterocycles. The third-order valence-corrected chi connectivity index (χ3v) is 4.49. The van der Waals surface area contributed by atoms with Crippen LogP contribution in [0, 0.1) is 0 Å². The number of carbonyl (C=O) groups excluding carboxylic acids is 1. The van der Waals surface area contributed by atoms with Gasteiger partial charge in [0.15, 0.2) is 0 Å². The number of amides is 1. The zero-order chi connectivity index (χ0) is 14.7. The van der Waals surface area contributed by atoms with Crippen LogP contribution >= 0.6 is 11.3 Å². The van der Waals surface area contributed by atoms with E-state index in [1.807, 2.05) is 12.1 Å². The first-order chi connectivity index (χ1) is 10.3. The number of aromatic nitrogens is 1. The first kappa shape index (κ1) is 14.4. The van der Waals surface area contributed by atoms with Crippen molar-refractivity contribution in [1.82, 2.24) is 15.6 Å². The maximum Gasteiger partial charge on any atom is 0.261 e. The number of hydrogen-bond acceptors (Lipinski definition) is 6. The van der Waals surface area contributed by atoms with E-state index in [0.717, 1.165) is 22.3 Å². The number of morpholine rings is 1. The highest BCUT2D eigenvalue weighted by molar-refractivity contribution is 7.20. The average Bonchev–Trinajstić information content (AvgIpc) is 2.93. The Bertz CT molecular complexity index is 637. The van der Waals surface area contributed by atoms with Gasteiger partial charge in [-0.15, -0.1) is 11.3 Å². The molecule has 2 aromatic heterocycles. The maximum absolute atomic E-state index is 12.3. The molecule has 3 rings (SSSR count). The quantitative estimate of drug-likeness (QED) is 0.773. The van der Waals surface area contributed by atoms with Crippen molar-refractivity contribution < 1.29 is 14.6 Å². The van der Waals surface area contributed by atoms with Gasteiger partial charge in [-0.3, -0.25) is 4.79 Å². The Morgan fingerprint density at radius 3 is 3.29 bits per heavy atom. The standard InChI is InChI=1S/C14H17N3O3S/c18-6-4-16-13(19)12-11(10-8-15-5-7-20-10)9-2-1-3-17-14(9)21-12/h1-3,10,15,18H,4-8H2,(H,16,19)/t10-/m1/s1.